The smallest absolute Gasteiger partial charge is 0.142 e. The van der Waals surface area contributed by atoms with Gasteiger partial charge in [0.2, 0.25) is 0 Å². The fraction of sp³-hybridized carbons (Fsp3) is 0.118. The Bertz CT molecular complexity index is 789. The SMILES string of the molecule is CNC(c1ccc2cccnc2c1)c1cccc(F)c1Cl. The summed E-state index contributed by atoms with van der Waals surface area (Å²) in [5, 5.41) is 4.41. The van der Waals surface area contributed by atoms with Crippen LogP contribution in [-0.4, -0.2) is 12.0 Å². The second-order valence-corrected chi connectivity index (χ2v) is 5.20. The molecule has 0 aliphatic rings. The average Bonchev–Trinajstić information content (AvgIpc) is 2.52. The lowest BCUT2D eigenvalue weighted by Crippen LogP contribution is -2.18. The fourth-order valence-corrected chi connectivity index (χ4v) is 2.74. The van der Waals surface area contributed by atoms with Crippen molar-refractivity contribution in [2.45, 2.75) is 6.04 Å². The summed E-state index contributed by atoms with van der Waals surface area (Å²) >= 11 is 6.10. The molecule has 0 saturated carbocycles. The molecule has 0 fully saturated rings. The van der Waals surface area contributed by atoms with E-state index in [2.05, 4.69) is 10.3 Å². The van der Waals surface area contributed by atoms with Crippen LogP contribution in [0.2, 0.25) is 5.02 Å². The van der Waals surface area contributed by atoms with Gasteiger partial charge in [-0.15, -0.1) is 0 Å². The van der Waals surface area contributed by atoms with E-state index in [1.807, 2.05) is 43.4 Å². The number of rotatable bonds is 3. The predicted molar refractivity (Wildman–Crippen MR) is 84.1 cm³/mol. The topological polar surface area (TPSA) is 24.9 Å². The molecule has 1 atom stereocenters. The molecule has 4 heteroatoms. The third-order valence-electron chi connectivity index (χ3n) is 3.54. The molecule has 0 amide bonds. The zero-order chi connectivity index (χ0) is 14.8. The molecule has 1 N–H and O–H groups in total. The van der Waals surface area contributed by atoms with Crippen molar-refractivity contribution in [1.82, 2.24) is 10.3 Å². The minimum absolute atomic E-state index is 0.151. The summed E-state index contributed by atoms with van der Waals surface area (Å²) in [6.45, 7) is 0. The van der Waals surface area contributed by atoms with Gasteiger partial charge < -0.3 is 5.32 Å². The third-order valence-corrected chi connectivity index (χ3v) is 3.94. The van der Waals surface area contributed by atoms with Gasteiger partial charge in [0.05, 0.1) is 16.6 Å². The van der Waals surface area contributed by atoms with Crippen molar-refractivity contribution >= 4 is 22.5 Å². The summed E-state index contributed by atoms with van der Waals surface area (Å²) in [5.41, 5.74) is 2.62. The molecule has 1 aromatic heterocycles. The highest BCUT2D eigenvalue weighted by molar-refractivity contribution is 6.31. The minimum Gasteiger partial charge on any atom is -0.309 e. The van der Waals surface area contributed by atoms with Crippen LogP contribution in [0.3, 0.4) is 0 Å². The molecule has 0 spiro atoms. The highest BCUT2D eigenvalue weighted by Gasteiger charge is 2.17. The van der Waals surface area contributed by atoms with Gasteiger partial charge in [-0.1, -0.05) is 41.9 Å². The van der Waals surface area contributed by atoms with Crippen molar-refractivity contribution in [1.29, 1.82) is 0 Å². The van der Waals surface area contributed by atoms with Crippen LogP contribution in [0.15, 0.2) is 54.7 Å². The number of hydrogen-bond donors (Lipinski definition) is 1. The van der Waals surface area contributed by atoms with Crippen LogP contribution in [0.1, 0.15) is 17.2 Å². The maximum atomic E-state index is 13.7. The van der Waals surface area contributed by atoms with Crippen LogP contribution < -0.4 is 5.32 Å². The Hall–Kier alpha value is -1.97. The zero-order valence-electron chi connectivity index (χ0n) is 11.5. The van der Waals surface area contributed by atoms with Gasteiger partial charge in [0, 0.05) is 11.6 Å². The highest BCUT2D eigenvalue weighted by Crippen LogP contribution is 2.31. The molecule has 1 unspecified atom stereocenters. The highest BCUT2D eigenvalue weighted by atomic mass is 35.5. The number of halogens is 2. The Morgan fingerprint density at radius 1 is 1.14 bits per heavy atom. The number of nitrogens with one attached hydrogen (secondary N) is 1. The summed E-state index contributed by atoms with van der Waals surface area (Å²) in [7, 11) is 1.83. The van der Waals surface area contributed by atoms with Gasteiger partial charge in [-0.05, 0) is 36.4 Å². The summed E-state index contributed by atoms with van der Waals surface area (Å²) in [6, 6.07) is 14.6. The third kappa shape index (κ3) is 2.62. The first-order valence-corrected chi connectivity index (χ1v) is 7.04. The Balaban J connectivity index is 2.11. The first-order chi connectivity index (χ1) is 10.2. The predicted octanol–water partition coefficient (Wildman–Crippen LogP) is 4.34. The molecule has 106 valence electrons. The second kappa shape index (κ2) is 5.80. The standard InChI is InChI=1S/C17H14ClFN2/c1-20-17(13-5-2-6-14(19)16(13)18)12-8-7-11-4-3-9-21-15(11)10-12/h2-10,17,20H,1H3. The van der Waals surface area contributed by atoms with E-state index in [-0.39, 0.29) is 11.1 Å². The molecular weight excluding hydrogens is 287 g/mol. The minimum atomic E-state index is -0.409. The van der Waals surface area contributed by atoms with Crippen LogP contribution in [0.4, 0.5) is 4.39 Å². The zero-order valence-corrected chi connectivity index (χ0v) is 12.2. The number of fused-ring (bicyclic) bond motifs is 1. The summed E-state index contributed by atoms with van der Waals surface area (Å²) in [5.74, 6) is -0.409. The van der Waals surface area contributed by atoms with Crippen molar-refractivity contribution in [2.75, 3.05) is 7.05 Å². The monoisotopic (exact) mass is 300 g/mol. The first-order valence-electron chi connectivity index (χ1n) is 6.66. The fourth-order valence-electron chi connectivity index (χ4n) is 2.51. The summed E-state index contributed by atoms with van der Waals surface area (Å²) in [6.07, 6.45) is 1.76. The molecule has 0 aliphatic heterocycles. The van der Waals surface area contributed by atoms with Gasteiger partial charge in [-0.2, -0.15) is 0 Å². The maximum absolute atomic E-state index is 13.7. The van der Waals surface area contributed by atoms with Crippen molar-refractivity contribution in [3.05, 3.63) is 76.7 Å². The van der Waals surface area contributed by atoms with Gasteiger partial charge in [0.1, 0.15) is 5.82 Å². The maximum Gasteiger partial charge on any atom is 0.142 e. The van der Waals surface area contributed by atoms with Gasteiger partial charge in [-0.25, -0.2) is 4.39 Å². The molecule has 3 rings (SSSR count). The Morgan fingerprint density at radius 2 is 2.00 bits per heavy atom. The molecule has 0 aliphatic carbocycles. The quantitative estimate of drug-likeness (QED) is 0.778. The molecule has 3 aromatic rings. The summed E-state index contributed by atoms with van der Waals surface area (Å²) < 4.78 is 13.7. The van der Waals surface area contributed by atoms with Crippen molar-refractivity contribution < 1.29 is 4.39 Å². The number of nitrogens with zero attached hydrogens (tertiary/aromatic N) is 1. The van der Waals surface area contributed by atoms with E-state index in [0.29, 0.717) is 0 Å². The molecular formula is C17H14ClFN2. The molecule has 1 heterocycles. The lowest BCUT2D eigenvalue weighted by Gasteiger charge is -2.19. The van der Waals surface area contributed by atoms with E-state index in [1.54, 1.807) is 12.3 Å². The Labute approximate surface area is 127 Å². The largest absolute Gasteiger partial charge is 0.309 e. The van der Waals surface area contributed by atoms with Crippen molar-refractivity contribution in [3.63, 3.8) is 0 Å². The van der Waals surface area contributed by atoms with E-state index in [4.69, 9.17) is 11.6 Å². The van der Waals surface area contributed by atoms with Gasteiger partial charge in [0.15, 0.2) is 0 Å². The van der Waals surface area contributed by atoms with E-state index in [9.17, 15) is 4.39 Å². The Kier molecular flexibility index (Phi) is 3.86. The van der Waals surface area contributed by atoms with Gasteiger partial charge in [-0.3, -0.25) is 4.98 Å². The van der Waals surface area contributed by atoms with Gasteiger partial charge >= 0.3 is 0 Å². The normalized spacial score (nSPS) is 12.5. The van der Waals surface area contributed by atoms with Crippen LogP contribution >= 0.6 is 11.6 Å². The van der Waals surface area contributed by atoms with E-state index < -0.39 is 5.82 Å². The van der Waals surface area contributed by atoms with Crippen LogP contribution in [0.5, 0.6) is 0 Å². The number of pyridine rings is 1. The first kappa shape index (κ1) is 14.0. The van der Waals surface area contributed by atoms with Crippen LogP contribution in [0, 0.1) is 5.82 Å². The molecule has 21 heavy (non-hydrogen) atoms. The number of benzene rings is 2. The summed E-state index contributed by atoms with van der Waals surface area (Å²) in [4.78, 5) is 4.36. The number of hydrogen-bond acceptors (Lipinski definition) is 2. The lowest BCUT2D eigenvalue weighted by molar-refractivity contribution is 0.617. The van der Waals surface area contributed by atoms with E-state index in [1.165, 1.54) is 6.07 Å². The molecule has 0 saturated heterocycles. The van der Waals surface area contributed by atoms with Crippen molar-refractivity contribution in [2.24, 2.45) is 0 Å². The van der Waals surface area contributed by atoms with E-state index >= 15 is 0 Å². The Morgan fingerprint density at radius 3 is 2.81 bits per heavy atom. The van der Waals surface area contributed by atoms with Crippen LogP contribution in [0.25, 0.3) is 10.9 Å². The van der Waals surface area contributed by atoms with Crippen LogP contribution in [-0.2, 0) is 0 Å². The average molecular weight is 301 g/mol. The molecule has 0 radical (unpaired) electrons. The lowest BCUT2D eigenvalue weighted by atomic mass is 9.97. The van der Waals surface area contributed by atoms with Gasteiger partial charge in [0.25, 0.3) is 0 Å². The number of aromatic nitrogens is 1. The molecule has 2 nitrogen and oxygen atoms in total. The van der Waals surface area contributed by atoms with Crippen molar-refractivity contribution in [3.8, 4) is 0 Å². The molecule has 2 aromatic carbocycles. The van der Waals surface area contributed by atoms with E-state index in [0.717, 1.165) is 22.0 Å². The second-order valence-electron chi connectivity index (χ2n) is 4.82. The molecule has 0 bridgehead atoms.